The summed E-state index contributed by atoms with van der Waals surface area (Å²) >= 11 is 0. The molecular formula is C22H37N3O4. The maximum atomic E-state index is 13.1. The molecule has 2 saturated carbocycles. The third kappa shape index (κ3) is 5.50. The predicted octanol–water partition coefficient (Wildman–Crippen LogP) is 2.98. The molecule has 4 amide bonds. The number of carbonyl (C=O) groups excluding carboxylic acids is 3. The maximum absolute atomic E-state index is 13.1. The highest BCUT2D eigenvalue weighted by Crippen LogP contribution is 2.46. The van der Waals surface area contributed by atoms with Gasteiger partial charge in [-0.05, 0) is 49.9 Å². The molecule has 0 bridgehead atoms. The normalized spacial score (nSPS) is 29.9. The number of ether oxygens (including phenoxy) is 1. The number of hydrogen-bond donors (Lipinski definition) is 2. The summed E-state index contributed by atoms with van der Waals surface area (Å²) in [5.74, 6) is -0.204. The number of urea groups is 1. The van der Waals surface area contributed by atoms with Crippen LogP contribution in [-0.4, -0.2) is 54.1 Å². The van der Waals surface area contributed by atoms with E-state index in [1.54, 1.807) is 0 Å². The Morgan fingerprint density at radius 2 is 1.93 bits per heavy atom. The molecule has 0 aromatic carbocycles. The number of amides is 4. The summed E-state index contributed by atoms with van der Waals surface area (Å²) in [4.78, 5) is 38.9. The maximum Gasteiger partial charge on any atom is 0.325 e. The molecule has 7 nitrogen and oxygen atoms in total. The molecule has 29 heavy (non-hydrogen) atoms. The highest BCUT2D eigenvalue weighted by atomic mass is 16.5. The number of rotatable bonds is 7. The number of carbonyl (C=O) groups is 3. The van der Waals surface area contributed by atoms with Crippen molar-refractivity contribution in [2.24, 2.45) is 11.3 Å². The van der Waals surface area contributed by atoms with E-state index < -0.39 is 11.6 Å². The smallest absolute Gasteiger partial charge is 0.325 e. The van der Waals surface area contributed by atoms with Gasteiger partial charge in [-0.15, -0.1) is 0 Å². The predicted molar refractivity (Wildman–Crippen MR) is 110 cm³/mol. The van der Waals surface area contributed by atoms with E-state index >= 15 is 0 Å². The highest BCUT2D eigenvalue weighted by molar-refractivity contribution is 6.09. The Morgan fingerprint density at radius 3 is 2.62 bits per heavy atom. The summed E-state index contributed by atoms with van der Waals surface area (Å²) in [5.41, 5.74) is -0.871. The van der Waals surface area contributed by atoms with Crippen molar-refractivity contribution < 1.29 is 19.1 Å². The molecular weight excluding hydrogens is 370 g/mol. The monoisotopic (exact) mass is 407 g/mol. The van der Waals surface area contributed by atoms with E-state index in [4.69, 9.17) is 4.74 Å². The Balaban J connectivity index is 1.43. The Hall–Kier alpha value is -1.63. The lowest BCUT2D eigenvalue weighted by Gasteiger charge is -2.43. The Bertz CT molecular complexity index is 630. The zero-order valence-corrected chi connectivity index (χ0v) is 18.2. The molecule has 0 aromatic heterocycles. The Kier molecular flexibility index (Phi) is 6.87. The lowest BCUT2D eigenvalue weighted by atomic mass is 9.64. The van der Waals surface area contributed by atoms with Gasteiger partial charge in [0.15, 0.2) is 0 Å². The first kappa shape index (κ1) is 22.1. The van der Waals surface area contributed by atoms with Crippen LogP contribution in [0, 0.1) is 11.3 Å². The first-order valence-corrected chi connectivity index (χ1v) is 11.2. The van der Waals surface area contributed by atoms with Crippen molar-refractivity contribution in [1.82, 2.24) is 15.5 Å². The molecule has 1 heterocycles. The van der Waals surface area contributed by atoms with E-state index in [1.807, 2.05) is 0 Å². The van der Waals surface area contributed by atoms with Gasteiger partial charge in [-0.25, -0.2) is 4.79 Å². The Labute approximate surface area is 174 Å². The van der Waals surface area contributed by atoms with E-state index in [2.05, 4.69) is 31.4 Å². The van der Waals surface area contributed by atoms with Crippen molar-refractivity contribution in [2.75, 3.05) is 19.7 Å². The number of imide groups is 1. The Morgan fingerprint density at radius 1 is 1.21 bits per heavy atom. The van der Waals surface area contributed by atoms with E-state index in [9.17, 15) is 14.4 Å². The average Bonchev–Trinajstić information content (AvgIpc) is 2.84. The van der Waals surface area contributed by atoms with Crippen molar-refractivity contribution in [3.63, 3.8) is 0 Å². The zero-order chi connectivity index (χ0) is 21.1. The lowest BCUT2D eigenvalue weighted by molar-refractivity contribution is -0.137. The molecule has 1 saturated heterocycles. The molecule has 2 N–H and O–H groups in total. The molecule has 164 valence electrons. The van der Waals surface area contributed by atoms with Crippen molar-refractivity contribution in [3.8, 4) is 0 Å². The fourth-order valence-electron chi connectivity index (χ4n) is 5.63. The van der Waals surface area contributed by atoms with Gasteiger partial charge >= 0.3 is 6.03 Å². The number of hydrogen-bond acceptors (Lipinski definition) is 4. The van der Waals surface area contributed by atoms with Gasteiger partial charge in [-0.2, -0.15) is 0 Å². The third-order valence-electron chi connectivity index (χ3n) is 6.47. The molecule has 3 fully saturated rings. The van der Waals surface area contributed by atoms with Crippen LogP contribution in [0.2, 0.25) is 0 Å². The first-order chi connectivity index (χ1) is 13.7. The average molecular weight is 408 g/mol. The fraction of sp³-hybridized carbons (Fsp3) is 0.864. The second-order valence-corrected chi connectivity index (χ2v) is 10.1. The molecule has 2 unspecified atom stereocenters. The van der Waals surface area contributed by atoms with E-state index in [0.29, 0.717) is 38.0 Å². The van der Waals surface area contributed by atoms with Gasteiger partial charge in [0.2, 0.25) is 5.91 Å². The molecule has 1 spiro atoms. The highest BCUT2D eigenvalue weighted by Gasteiger charge is 2.56. The topological polar surface area (TPSA) is 87.7 Å². The SMILES string of the molecule is CC1CC(C)(C)CC2(C1)NC(=O)N(CC(=O)NCCCOC1CCCCC1)C2=O. The second-order valence-electron chi connectivity index (χ2n) is 10.1. The molecule has 2 aliphatic carbocycles. The largest absolute Gasteiger partial charge is 0.378 e. The quantitative estimate of drug-likeness (QED) is 0.502. The fourth-order valence-corrected chi connectivity index (χ4v) is 5.63. The molecule has 2 atom stereocenters. The summed E-state index contributed by atoms with van der Waals surface area (Å²) in [6, 6.07) is -0.448. The molecule has 1 aliphatic heterocycles. The minimum Gasteiger partial charge on any atom is -0.378 e. The summed E-state index contributed by atoms with van der Waals surface area (Å²) in [6.45, 7) is 7.29. The van der Waals surface area contributed by atoms with Gasteiger partial charge in [0.05, 0.1) is 6.10 Å². The van der Waals surface area contributed by atoms with E-state index in [0.717, 1.165) is 30.6 Å². The summed E-state index contributed by atoms with van der Waals surface area (Å²) < 4.78 is 5.86. The van der Waals surface area contributed by atoms with Gasteiger partial charge in [0, 0.05) is 13.2 Å². The van der Waals surface area contributed by atoms with Crippen molar-refractivity contribution >= 4 is 17.8 Å². The van der Waals surface area contributed by atoms with Crippen molar-refractivity contribution in [2.45, 2.75) is 90.2 Å². The van der Waals surface area contributed by atoms with Crippen molar-refractivity contribution in [1.29, 1.82) is 0 Å². The van der Waals surface area contributed by atoms with Gasteiger partial charge < -0.3 is 15.4 Å². The van der Waals surface area contributed by atoms with Gasteiger partial charge in [0.1, 0.15) is 12.1 Å². The van der Waals surface area contributed by atoms with Crippen LogP contribution in [0.4, 0.5) is 4.79 Å². The second kappa shape index (κ2) is 9.02. The lowest BCUT2D eigenvalue weighted by Crippen LogP contribution is -2.54. The van der Waals surface area contributed by atoms with Gasteiger partial charge in [0.25, 0.3) is 5.91 Å². The van der Waals surface area contributed by atoms with E-state index in [1.165, 1.54) is 19.3 Å². The number of nitrogens with one attached hydrogen (secondary N) is 2. The minimum absolute atomic E-state index is 0.0167. The molecule has 0 aromatic rings. The molecule has 3 rings (SSSR count). The summed E-state index contributed by atoms with van der Waals surface area (Å²) in [6.07, 6.45) is 9.43. The van der Waals surface area contributed by atoms with Crippen LogP contribution in [0.25, 0.3) is 0 Å². The van der Waals surface area contributed by atoms with Gasteiger partial charge in [-0.3, -0.25) is 14.5 Å². The first-order valence-electron chi connectivity index (χ1n) is 11.2. The van der Waals surface area contributed by atoms with Crippen LogP contribution in [-0.2, 0) is 14.3 Å². The third-order valence-corrected chi connectivity index (χ3v) is 6.47. The van der Waals surface area contributed by atoms with Crippen LogP contribution >= 0.6 is 0 Å². The van der Waals surface area contributed by atoms with E-state index in [-0.39, 0.29) is 23.8 Å². The summed E-state index contributed by atoms with van der Waals surface area (Å²) in [5, 5.41) is 5.72. The van der Waals surface area contributed by atoms with Crippen LogP contribution in [0.5, 0.6) is 0 Å². The molecule has 3 aliphatic rings. The van der Waals surface area contributed by atoms with Crippen LogP contribution < -0.4 is 10.6 Å². The van der Waals surface area contributed by atoms with Crippen LogP contribution in [0.15, 0.2) is 0 Å². The standard InChI is InChI=1S/C22H37N3O4/c1-16-12-21(2,3)15-22(13-16)19(27)25(20(28)24-22)14-18(26)23-10-7-11-29-17-8-5-4-6-9-17/h16-17H,4-15H2,1-3H3,(H,23,26)(H,24,28). The minimum atomic E-state index is -0.855. The summed E-state index contributed by atoms with van der Waals surface area (Å²) in [7, 11) is 0. The van der Waals surface area contributed by atoms with Crippen molar-refractivity contribution in [3.05, 3.63) is 0 Å². The number of nitrogens with zero attached hydrogens (tertiary/aromatic N) is 1. The van der Waals surface area contributed by atoms with Crippen LogP contribution in [0.3, 0.4) is 0 Å². The molecule has 0 radical (unpaired) electrons. The molecule has 7 heteroatoms. The van der Waals surface area contributed by atoms with Gasteiger partial charge in [-0.1, -0.05) is 40.0 Å². The zero-order valence-electron chi connectivity index (χ0n) is 18.2. The van der Waals surface area contributed by atoms with Crippen LogP contribution in [0.1, 0.15) is 78.6 Å².